The Morgan fingerprint density at radius 1 is 1.35 bits per heavy atom. The molecule has 1 heterocycles. The van der Waals surface area contributed by atoms with Gasteiger partial charge in [0, 0.05) is 25.2 Å². The number of anilines is 1. The summed E-state index contributed by atoms with van der Waals surface area (Å²) in [6.07, 6.45) is 0.890. The fourth-order valence-corrected chi connectivity index (χ4v) is 2.44. The molecule has 1 aliphatic rings. The third-order valence-electron chi connectivity index (χ3n) is 3.07. The van der Waals surface area contributed by atoms with Crippen molar-refractivity contribution < 1.29 is 18.7 Å². The number of carbonyl (C=O) groups is 1. The molecular formula is C12H17N3O4S. The molecule has 4 N–H and O–H groups in total. The minimum absolute atomic E-state index is 0.111. The highest BCUT2D eigenvalue weighted by Gasteiger charge is 2.18. The van der Waals surface area contributed by atoms with E-state index >= 15 is 0 Å². The maximum Gasteiger partial charge on any atom is 0.259 e. The predicted octanol–water partition coefficient (Wildman–Crippen LogP) is 0.376. The second-order valence-corrected chi connectivity index (χ2v) is 5.18. The second-order valence-electron chi connectivity index (χ2n) is 4.48. The Balaban J connectivity index is 2.13. The van der Waals surface area contributed by atoms with Gasteiger partial charge in [0.2, 0.25) is 0 Å². The van der Waals surface area contributed by atoms with E-state index in [2.05, 4.69) is 10.0 Å². The average Bonchev–Trinajstić information content (AvgIpc) is 2.68. The summed E-state index contributed by atoms with van der Waals surface area (Å²) in [5.74, 6) is -0.383. The summed E-state index contributed by atoms with van der Waals surface area (Å²) >= 11 is -2.26. The van der Waals surface area contributed by atoms with Crippen molar-refractivity contribution in [2.75, 3.05) is 30.9 Å². The SMILES string of the molecule is O=C(c1ccc(NS(=O)O)c(O)c1)N1CCCNCC1. The summed E-state index contributed by atoms with van der Waals surface area (Å²) in [7, 11) is 0. The van der Waals surface area contributed by atoms with Crippen molar-refractivity contribution in [2.24, 2.45) is 0 Å². The molecule has 1 fully saturated rings. The summed E-state index contributed by atoms with van der Waals surface area (Å²) in [6.45, 7) is 2.94. The molecule has 8 heteroatoms. The van der Waals surface area contributed by atoms with Crippen LogP contribution < -0.4 is 10.0 Å². The minimum atomic E-state index is -2.26. The Morgan fingerprint density at radius 3 is 2.85 bits per heavy atom. The Labute approximate surface area is 119 Å². The van der Waals surface area contributed by atoms with E-state index < -0.39 is 11.3 Å². The van der Waals surface area contributed by atoms with Gasteiger partial charge in [0.15, 0.2) is 0 Å². The van der Waals surface area contributed by atoms with Crippen LogP contribution in [0.3, 0.4) is 0 Å². The number of rotatable bonds is 3. The standard InChI is InChI=1S/C12H17N3O4S/c16-11-8-9(2-3-10(11)14-20(18)19)12(17)15-6-1-4-13-5-7-15/h2-3,8,13-14,16H,1,4-7H2,(H,18,19). The summed E-state index contributed by atoms with van der Waals surface area (Å²) in [6, 6.07) is 4.23. The topological polar surface area (TPSA) is 102 Å². The van der Waals surface area contributed by atoms with Crippen molar-refractivity contribution in [1.82, 2.24) is 10.2 Å². The van der Waals surface area contributed by atoms with E-state index in [1.807, 2.05) is 0 Å². The van der Waals surface area contributed by atoms with Crippen molar-refractivity contribution in [1.29, 1.82) is 0 Å². The summed E-state index contributed by atoms with van der Waals surface area (Å²) < 4.78 is 21.5. The first-order valence-electron chi connectivity index (χ1n) is 6.28. The van der Waals surface area contributed by atoms with Gasteiger partial charge >= 0.3 is 0 Å². The van der Waals surface area contributed by atoms with Gasteiger partial charge in [0.05, 0.1) is 5.69 Å². The molecule has 0 aliphatic carbocycles. The fourth-order valence-electron chi connectivity index (χ4n) is 2.08. The molecular weight excluding hydrogens is 282 g/mol. The van der Waals surface area contributed by atoms with E-state index in [0.29, 0.717) is 18.7 Å². The molecule has 20 heavy (non-hydrogen) atoms. The van der Waals surface area contributed by atoms with Gasteiger partial charge in [0.25, 0.3) is 17.2 Å². The number of nitrogens with zero attached hydrogens (tertiary/aromatic N) is 1. The highest BCUT2D eigenvalue weighted by molar-refractivity contribution is 7.80. The quantitative estimate of drug-likeness (QED) is 0.477. The molecule has 1 aromatic rings. The van der Waals surface area contributed by atoms with Gasteiger partial charge in [0.1, 0.15) is 5.75 Å². The number of benzene rings is 1. The highest BCUT2D eigenvalue weighted by atomic mass is 32.2. The summed E-state index contributed by atoms with van der Waals surface area (Å²) in [5.41, 5.74) is 0.471. The molecule has 1 aliphatic heterocycles. The van der Waals surface area contributed by atoms with Crippen LogP contribution in [0.4, 0.5) is 5.69 Å². The minimum Gasteiger partial charge on any atom is -0.506 e. The molecule has 1 saturated heterocycles. The van der Waals surface area contributed by atoms with E-state index in [-0.39, 0.29) is 17.3 Å². The Kier molecular flexibility index (Phi) is 4.94. The van der Waals surface area contributed by atoms with E-state index in [0.717, 1.165) is 19.5 Å². The van der Waals surface area contributed by atoms with Crippen LogP contribution in [0.1, 0.15) is 16.8 Å². The second kappa shape index (κ2) is 6.69. The maximum atomic E-state index is 12.3. The molecule has 0 spiro atoms. The zero-order valence-corrected chi connectivity index (χ0v) is 11.7. The Bertz CT molecular complexity index is 515. The van der Waals surface area contributed by atoms with E-state index in [1.165, 1.54) is 18.2 Å². The van der Waals surface area contributed by atoms with Gasteiger partial charge in [-0.05, 0) is 31.2 Å². The summed E-state index contributed by atoms with van der Waals surface area (Å²) in [5, 5.41) is 13.0. The molecule has 1 aromatic carbocycles. The average molecular weight is 299 g/mol. The highest BCUT2D eigenvalue weighted by Crippen LogP contribution is 2.25. The maximum absolute atomic E-state index is 12.3. The third kappa shape index (κ3) is 3.69. The van der Waals surface area contributed by atoms with Crippen LogP contribution in [0.15, 0.2) is 18.2 Å². The first-order valence-corrected chi connectivity index (χ1v) is 7.39. The number of phenols is 1. The lowest BCUT2D eigenvalue weighted by Gasteiger charge is -2.20. The molecule has 1 amide bonds. The van der Waals surface area contributed by atoms with Crippen molar-refractivity contribution in [3.63, 3.8) is 0 Å². The van der Waals surface area contributed by atoms with Crippen LogP contribution in [0.2, 0.25) is 0 Å². The van der Waals surface area contributed by atoms with Gasteiger partial charge in [-0.15, -0.1) is 0 Å². The lowest BCUT2D eigenvalue weighted by atomic mass is 10.1. The van der Waals surface area contributed by atoms with Gasteiger partial charge in [-0.1, -0.05) is 0 Å². The first-order chi connectivity index (χ1) is 9.58. The lowest BCUT2D eigenvalue weighted by Crippen LogP contribution is -2.34. The Hall–Kier alpha value is -1.64. The predicted molar refractivity (Wildman–Crippen MR) is 75.9 cm³/mol. The Morgan fingerprint density at radius 2 is 2.15 bits per heavy atom. The number of amides is 1. The molecule has 0 radical (unpaired) electrons. The molecule has 0 aromatic heterocycles. The van der Waals surface area contributed by atoms with Crippen LogP contribution in [-0.4, -0.2) is 50.9 Å². The molecule has 110 valence electrons. The van der Waals surface area contributed by atoms with Gasteiger partial charge in [-0.3, -0.25) is 14.1 Å². The largest absolute Gasteiger partial charge is 0.506 e. The van der Waals surface area contributed by atoms with Crippen LogP contribution in [0.25, 0.3) is 0 Å². The van der Waals surface area contributed by atoms with Gasteiger partial charge in [-0.25, -0.2) is 4.21 Å². The van der Waals surface area contributed by atoms with Crippen molar-refractivity contribution in [3.05, 3.63) is 23.8 Å². The molecule has 7 nitrogen and oxygen atoms in total. The zero-order valence-electron chi connectivity index (χ0n) is 10.8. The zero-order chi connectivity index (χ0) is 14.5. The summed E-state index contributed by atoms with van der Waals surface area (Å²) in [4.78, 5) is 14.0. The van der Waals surface area contributed by atoms with Crippen molar-refractivity contribution >= 4 is 22.9 Å². The van der Waals surface area contributed by atoms with Gasteiger partial charge < -0.3 is 15.3 Å². The van der Waals surface area contributed by atoms with Crippen molar-refractivity contribution in [3.8, 4) is 5.75 Å². The molecule has 1 unspecified atom stereocenters. The van der Waals surface area contributed by atoms with Crippen molar-refractivity contribution in [2.45, 2.75) is 6.42 Å². The van der Waals surface area contributed by atoms with E-state index in [1.54, 1.807) is 4.90 Å². The van der Waals surface area contributed by atoms with Crippen LogP contribution in [0.5, 0.6) is 5.75 Å². The normalized spacial score (nSPS) is 17.4. The third-order valence-corrected chi connectivity index (χ3v) is 3.46. The molecule has 1 atom stereocenters. The smallest absolute Gasteiger partial charge is 0.259 e. The lowest BCUT2D eigenvalue weighted by molar-refractivity contribution is 0.0766. The number of nitrogens with one attached hydrogen (secondary N) is 2. The monoisotopic (exact) mass is 299 g/mol. The number of carbonyl (C=O) groups excluding carboxylic acids is 1. The molecule has 0 saturated carbocycles. The van der Waals surface area contributed by atoms with E-state index in [9.17, 15) is 14.1 Å². The number of phenolic OH excluding ortho intramolecular Hbond substituents is 1. The number of aromatic hydroxyl groups is 1. The van der Waals surface area contributed by atoms with E-state index in [4.69, 9.17) is 4.55 Å². The number of hydrogen-bond donors (Lipinski definition) is 4. The van der Waals surface area contributed by atoms with Crippen LogP contribution >= 0.6 is 0 Å². The fraction of sp³-hybridized carbons (Fsp3) is 0.417. The molecule has 0 bridgehead atoms. The molecule has 2 rings (SSSR count). The first kappa shape index (κ1) is 14.8. The van der Waals surface area contributed by atoms with Crippen LogP contribution in [0, 0.1) is 0 Å². The van der Waals surface area contributed by atoms with Crippen LogP contribution in [-0.2, 0) is 11.3 Å². The number of hydrogen-bond acceptors (Lipinski definition) is 4. The van der Waals surface area contributed by atoms with Gasteiger partial charge in [-0.2, -0.15) is 0 Å².